The van der Waals surface area contributed by atoms with Crippen molar-refractivity contribution in [1.82, 2.24) is 19.5 Å². The summed E-state index contributed by atoms with van der Waals surface area (Å²) >= 11 is 2.10. The summed E-state index contributed by atoms with van der Waals surface area (Å²) in [4.78, 5) is 12.9. The van der Waals surface area contributed by atoms with Crippen LogP contribution in [0.5, 0.6) is 0 Å². The summed E-state index contributed by atoms with van der Waals surface area (Å²) in [7, 11) is -3.39. The lowest BCUT2D eigenvalue weighted by Gasteiger charge is -2.27. The largest absolute Gasteiger partial charge is 0.368 e. The molecule has 0 amide bonds. The molecular weight excluding hydrogens is 508 g/mol. The van der Waals surface area contributed by atoms with Gasteiger partial charge in [0.2, 0.25) is 5.95 Å². The van der Waals surface area contributed by atoms with Crippen molar-refractivity contribution in [3.8, 4) is 0 Å². The van der Waals surface area contributed by atoms with E-state index in [2.05, 4.69) is 51.4 Å². The van der Waals surface area contributed by atoms with Gasteiger partial charge in [0.15, 0.2) is 5.65 Å². The molecule has 11 heteroatoms. The van der Waals surface area contributed by atoms with Crippen molar-refractivity contribution in [2.45, 2.75) is 72.3 Å². The van der Waals surface area contributed by atoms with Crippen LogP contribution < -0.4 is 5.73 Å². The van der Waals surface area contributed by atoms with Crippen LogP contribution >= 0.6 is 30.2 Å². The predicted octanol–water partition coefficient (Wildman–Crippen LogP) is 4.20. The number of halogens is 1. The smallest absolute Gasteiger partial charge is 0.356 e. The number of hydrogen-bond acceptors (Lipinski definition) is 8. The molecule has 1 fully saturated rings. The Hall–Kier alpha value is -0.810. The summed E-state index contributed by atoms with van der Waals surface area (Å²) in [5.74, 6) is 0.203. The van der Waals surface area contributed by atoms with Gasteiger partial charge in [-0.2, -0.15) is 4.98 Å². The molecule has 0 aromatic carbocycles. The van der Waals surface area contributed by atoms with E-state index in [1.54, 1.807) is 6.33 Å². The number of ether oxygens (including phenoxy) is 1. The summed E-state index contributed by atoms with van der Waals surface area (Å²) < 4.78 is 33.3. The number of nitrogens with two attached hydrogens (primary N) is 1. The zero-order chi connectivity index (χ0) is 21.6. The van der Waals surface area contributed by atoms with Gasteiger partial charge < -0.3 is 24.1 Å². The Balaban J connectivity index is 1.84. The number of rotatable bonds is 9. The third-order valence-electron chi connectivity index (χ3n) is 4.94. The highest BCUT2D eigenvalue weighted by atomic mass is 127. The topological polar surface area (TPSA) is 114 Å². The molecule has 1 saturated carbocycles. The van der Waals surface area contributed by atoms with Gasteiger partial charge in [-0.25, -0.2) is 9.97 Å². The van der Waals surface area contributed by atoms with Crippen molar-refractivity contribution >= 4 is 47.3 Å². The van der Waals surface area contributed by atoms with E-state index in [-0.39, 0.29) is 29.9 Å². The first-order valence-corrected chi connectivity index (χ1v) is 12.4. The molecule has 0 aliphatic heterocycles. The van der Waals surface area contributed by atoms with E-state index in [1.165, 1.54) is 0 Å². The fraction of sp³-hybridized carbons (Fsp3) is 0.722. The number of nitrogen functional groups attached to an aromatic ring is 1. The van der Waals surface area contributed by atoms with E-state index >= 15 is 0 Å². The quantitative estimate of drug-likeness (QED) is 0.288. The molecule has 2 aromatic heterocycles. The lowest BCUT2D eigenvalue weighted by molar-refractivity contribution is 0.00450. The normalized spacial score (nSPS) is 21.4. The Morgan fingerprint density at radius 1 is 1.24 bits per heavy atom. The second kappa shape index (κ2) is 8.03. The Labute approximate surface area is 184 Å². The van der Waals surface area contributed by atoms with Gasteiger partial charge >= 0.3 is 7.60 Å². The maximum Gasteiger partial charge on any atom is 0.356 e. The highest BCUT2D eigenvalue weighted by Gasteiger charge is 2.63. The summed E-state index contributed by atoms with van der Waals surface area (Å²) in [6, 6.07) is 0. The second-order valence-corrected chi connectivity index (χ2v) is 11.6. The Morgan fingerprint density at radius 2 is 1.83 bits per heavy atom. The minimum atomic E-state index is -3.39. The summed E-state index contributed by atoms with van der Waals surface area (Å²) in [5, 5.41) is 0. The first-order chi connectivity index (χ1) is 13.4. The number of imidazole rings is 1. The fourth-order valence-corrected chi connectivity index (χ4v) is 5.97. The lowest BCUT2D eigenvalue weighted by atomic mass is 10.1. The van der Waals surface area contributed by atoms with Gasteiger partial charge in [0.1, 0.15) is 15.6 Å². The average molecular weight is 537 g/mol. The van der Waals surface area contributed by atoms with Crippen molar-refractivity contribution in [3.63, 3.8) is 0 Å². The van der Waals surface area contributed by atoms with Crippen LogP contribution in [0.15, 0.2) is 6.33 Å². The molecule has 0 saturated heterocycles. The van der Waals surface area contributed by atoms with Crippen LogP contribution in [0.25, 0.3) is 11.2 Å². The van der Waals surface area contributed by atoms with Gasteiger partial charge in [-0.05, 0) is 62.1 Å². The summed E-state index contributed by atoms with van der Waals surface area (Å²) in [6.45, 7) is 12.1. The molecule has 1 aliphatic carbocycles. The minimum Gasteiger partial charge on any atom is -0.368 e. The van der Waals surface area contributed by atoms with Gasteiger partial charge in [-0.15, -0.1) is 0 Å². The molecule has 1 atom stereocenters. The van der Waals surface area contributed by atoms with Crippen LogP contribution in [0.2, 0.25) is 0 Å². The standard InChI is InChI=1S/C18H29IN5O4P/c1-11(2)27-29(25,28-12(3)4)10-26-18(7-17(18,5)6)8-24-9-21-13-14(19)22-16(20)23-15(13)24/h9,11-12H,7-8,10H2,1-6H3,(H2,20,22,23). The molecule has 162 valence electrons. The van der Waals surface area contributed by atoms with Crippen LogP contribution in [0.1, 0.15) is 48.0 Å². The zero-order valence-electron chi connectivity index (χ0n) is 17.7. The van der Waals surface area contributed by atoms with Crippen molar-refractivity contribution in [2.75, 3.05) is 12.1 Å². The molecule has 3 rings (SSSR count). The van der Waals surface area contributed by atoms with Crippen LogP contribution in [-0.4, -0.2) is 43.7 Å². The highest BCUT2D eigenvalue weighted by molar-refractivity contribution is 14.1. The van der Waals surface area contributed by atoms with Crippen LogP contribution in [0, 0.1) is 9.12 Å². The predicted molar refractivity (Wildman–Crippen MR) is 120 cm³/mol. The maximum atomic E-state index is 13.2. The number of hydrogen-bond donors (Lipinski definition) is 1. The monoisotopic (exact) mass is 537 g/mol. The molecular formula is C18H29IN5O4P. The summed E-state index contributed by atoms with van der Waals surface area (Å²) in [5.41, 5.74) is 6.56. The van der Waals surface area contributed by atoms with Gasteiger partial charge in [0.05, 0.1) is 30.7 Å². The molecule has 0 radical (unpaired) electrons. The molecule has 0 spiro atoms. The SMILES string of the molecule is CC(C)OP(=O)(COC1(Cn2cnc3c(I)nc(N)nc32)CC1(C)C)OC(C)C. The average Bonchev–Trinajstić information content (AvgIpc) is 2.87. The van der Waals surface area contributed by atoms with Gasteiger partial charge in [-0.1, -0.05) is 13.8 Å². The van der Waals surface area contributed by atoms with Crippen molar-refractivity contribution < 1.29 is 18.3 Å². The lowest BCUT2D eigenvalue weighted by Crippen LogP contribution is -2.29. The van der Waals surface area contributed by atoms with E-state index in [0.717, 1.165) is 6.42 Å². The third kappa shape index (κ3) is 4.92. The first kappa shape index (κ1) is 22.9. The Kier molecular flexibility index (Phi) is 6.33. The first-order valence-electron chi connectivity index (χ1n) is 9.60. The van der Waals surface area contributed by atoms with E-state index in [4.69, 9.17) is 19.5 Å². The number of aromatic nitrogens is 4. The Morgan fingerprint density at radius 3 is 2.34 bits per heavy atom. The second-order valence-electron chi connectivity index (χ2n) is 8.66. The molecule has 29 heavy (non-hydrogen) atoms. The van der Waals surface area contributed by atoms with Gasteiger partial charge in [0.25, 0.3) is 0 Å². The number of anilines is 1. The van der Waals surface area contributed by atoms with E-state index < -0.39 is 13.2 Å². The van der Waals surface area contributed by atoms with Gasteiger partial charge in [0, 0.05) is 0 Å². The van der Waals surface area contributed by atoms with Crippen LogP contribution in [0.4, 0.5) is 5.95 Å². The van der Waals surface area contributed by atoms with Gasteiger partial charge in [-0.3, -0.25) is 4.57 Å². The van der Waals surface area contributed by atoms with E-state index in [1.807, 2.05) is 32.3 Å². The van der Waals surface area contributed by atoms with E-state index in [0.29, 0.717) is 21.4 Å². The third-order valence-corrected chi connectivity index (χ3v) is 7.63. The fourth-order valence-electron chi connectivity index (χ4n) is 3.48. The van der Waals surface area contributed by atoms with Crippen molar-refractivity contribution in [2.24, 2.45) is 5.41 Å². The minimum absolute atomic E-state index is 0.101. The molecule has 1 unspecified atom stereocenters. The maximum absolute atomic E-state index is 13.2. The molecule has 0 bridgehead atoms. The number of nitrogens with zero attached hydrogens (tertiary/aromatic N) is 4. The molecule has 9 nitrogen and oxygen atoms in total. The van der Waals surface area contributed by atoms with Crippen molar-refractivity contribution in [3.05, 3.63) is 10.0 Å². The van der Waals surface area contributed by atoms with Crippen LogP contribution in [0.3, 0.4) is 0 Å². The molecule has 2 aromatic rings. The molecule has 2 N–H and O–H groups in total. The van der Waals surface area contributed by atoms with Crippen LogP contribution in [-0.2, 0) is 24.9 Å². The zero-order valence-corrected chi connectivity index (χ0v) is 20.7. The van der Waals surface area contributed by atoms with E-state index in [9.17, 15) is 4.57 Å². The van der Waals surface area contributed by atoms with Crippen molar-refractivity contribution in [1.29, 1.82) is 0 Å². The number of fused-ring (bicyclic) bond motifs is 1. The molecule has 1 aliphatic rings. The molecule has 2 heterocycles. The Bertz CT molecular complexity index is 934. The summed E-state index contributed by atoms with van der Waals surface area (Å²) in [6.07, 6.45) is 1.96. The highest BCUT2D eigenvalue weighted by Crippen LogP contribution is 2.62.